The molecule has 0 radical (unpaired) electrons. The molecule has 0 fully saturated rings. The standard InChI is InChI=1S/C16H15Cl2NO/c1-19-16(11-6-7-12(17)13(18)8-11)15-9-10-4-2-3-5-14(10)20-15/h2-8,15-16,19H,9H2,1H3. The minimum Gasteiger partial charge on any atom is -0.488 e. The molecule has 0 saturated carbocycles. The summed E-state index contributed by atoms with van der Waals surface area (Å²) in [6.07, 6.45) is 0.955. The third-order valence-electron chi connectivity index (χ3n) is 3.66. The van der Waals surface area contributed by atoms with Crippen molar-refractivity contribution in [3.8, 4) is 5.75 Å². The van der Waals surface area contributed by atoms with E-state index in [1.165, 1.54) is 5.56 Å². The van der Waals surface area contributed by atoms with Gasteiger partial charge in [-0.3, -0.25) is 0 Å². The van der Waals surface area contributed by atoms with Crippen molar-refractivity contribution in [2.24, 2.45) is 0 Å². The van der Waals surface area contributed by atoms with Crippen molar-refractivity contribution in [1.29, 1.82) is 0 Å². The topological polar surface area (TPSA) is 21.3 Å². The van der Waals surface area contributed by atoms with E-state index < -0.39 is 0 Å². The van der Waals surface area contributed by atoms with Crippen molar-refractivity contribution in [2.45, 2.75) is 18.6 Å². The lowest BCUT2D eigenvalue weighted by Gasteiger charge is -2.23. The highest BCUT2D eigenvalue weighted by Crippen LogP contribution is 2.35. The summed E-state index contributed by atoms with van der Waals surface area (Å²) >= 11 is 12.1. The number of hydrogen-bond acceptors (Lipinski definition) is 2. The molecule has 0 aliphatic carbocycles. The largest absolute Gasteiger partial charge is 0.488 e. The van der Waals surface area contributed by atoms with E-state index in [4.69, 9.17) is 27.9 Å². The second kappa shape index (κ2) is 5.65. The van der Waals surface area contributed by atoms with Gasteiger partial charge in [-0.2, -0.15) is 0 Å². The molecule has 104 valence electrons. The van der Waals surface area contributed by atoms with Gasteiger partial charge >= 0.3 is 0 Å². The van der Waals surface area contributed by atoms with Gasteiger partial charge in [-0.25, -0.2) is 0 Å². The number of halogens is 2. The van der Waals surface area contributed by atoms with Crippen LogP contribution in [-0.2, 0) is 6.42 Å². The molecule has 2 unspecified atom stereocenters. The average molecular weight is 308 g/mol. The van der Waals surface area contributed by atoms with Crippen molar-refractivity contribution in [2.75, 3.05) is 7.05 Å². The smallest absolute Gasteiger partial charge is 0.123 e. The second-order valence-electron chi connectivity index (χ2n) is 4.91. The fourth-order valence-corrected chi connectivity index (χ4v) is 2.97. The Kier molecular flexibility index (Phi) is 3.88. The third-order valence-corrected chi connectivity index (χ3v) is 4.40. The van der Waals surface area contributed by atoms with E-state index in [9.17, 15) is 0 Å². The molecular weight excluding hydrogens is 293 g/mol. The summed E-state index contributed by atoms with van der Waals surface area (Å²) in [5.74, 6) is 0.970. The Morgan fingerprint density at radius 2 is 1.95 bits per heavy atom. The first-order valence-electron chi connectivity index (χ1n) is 6.56. The van der Waals surface area contributed by atoms with E-state index in [0.29, 0.717) is 10.0 Å². The second-order valence-corrected chi connectivity index (χ2v) is 5.72. The number of nitrogens with one attached hydrogen (secondary N) is 1. The van der Waals surface area contributed by atoms with Crippen LogP contribution in [0.25, 0.3) is 0 Å². The van der Waals surface area contributed by atoms with Gasteiger partial charge in [-0.15, -0.1) is 0 Å². The molecule has 4 heteroatoms. The van der Waals surface area contributed by atoms with Crippen molar-refractivity contribution in [3.05, 3.63) is 63.6 Å². The van der Waals surface area contributed by atoms with Crippen molar-refractivity contribution in [3.63, 3.8) is 0 Å². The first-order chi connectivity index (χ1) is 9.69. The van der Waals surface area contributed by atoms with E-state index in [1.54, 1.807) is 0 Å². The van der Waals surface area contributed by atoms with Gasteiger partial charge in [-0.1, -0.05) is 47.5 Å². The first-order valence-corrected chi connectivity index (χ1v) is 7.31. The Labute approximate surface area is 128 Å². The fraction of sp³-hybridized carbons (Fsp3) is 0.250. The highest BCUT2D eigenvalue weighted by Gasteiger charge is 2.30. The first kappa shape index (κ1) is 13.7. The summed E-state index contributed by atoms with van der Waals surface area (Å²) in [6, 6.07) is 13.9. The number of likely N-dealkylation sites (N-methyl/N-ethyl adjacent to an activating group) is 1. The fourth-order valence-electron chi connectivity index (χ4n) is 2.67. The SMILES string of the molecule is CNC(c1ccc(Cl)c(Cl)c1)C1Cc2ccccc2O1. The maximum Gasteiger partial charge on any atom is 0.123 e. The van der Waals surface area contributed by atoms with Crippen LogP contribution in [0.3, 0.4) is 0 Å². The molecule has 1 aliphatic heterocycles. The molecule has 0 bridgehead atoms. The highest BCUT2D eigenvalue weighted by atomic mass is 35.5. The van der Waals surface area contributed by atoms with E-state index in [2.05, 4.69) is 11.4 Å². The van der Waals surface area contributed by atoms with Gasteiger partial charge in [0.15, 0.2) is 0 Å². The molecule has 1 heterocycles. The van der Waals surface area contributed by atoms with Crippen LogP contribution in [0.15, 0.2) is 42.5 Å². The van der Waals surface area contributed by atoms with Gasteiger partial charge < -0.3 is 10.1 Å². The van der Waals surface area contributed by atoms with Gasteiger partial charge in [0.1, 0.15) is 11.9 Å². The average Bonchev–Trinajstić information content (AvgIpc) is 2.87. The minimum absolute atomic E-state index is 0.0645. The third kappa shape index (κ3) is 2.51. The molecule has 2 aromatic rings. The maximum atomic E-state index is 6.11. The molecule has 2 atom stereocenters. The molecule has 0 amide bonds. The van der Waals surface area contributed by atoms with Crippen molar-refractivity contribution < 1.29 is 4.74 Å². The summed E-state index contributed by atoms with van der Waals surface area (Å²) in [7, 11) is 1.93. The van der Waals surface area contributed by atoms with Gasteiger partial charge in [0, 0.05) is 6.42 Å². The van der Waals surface area contributed by atoms with Crippen molar-refractivity contribution >= 4 is 23.2 Å². The van der Waals surface area contributed by atoms with Crippen LogP contribution in [0.1, 0.15) is 17.2 Å². The molecule has 2 nitrogen and oxygen atoms in total. The molecule has 0 aromatic heterocycles. The molecule has 2 aromatic carbocycles. The predicted molar refractivity (Wildman–Crippen MR) is 82.8 cm³/mol. The summed E-state index contributed by atoms with van der Waals surface area (Å²) in [5.41, 5.74) is 2.33. The number of para-hydroxylation sites is 1. The molecule has 1 aliphatic rings. The predicted octanol–water partition coefficient (Wildman–Crippen LogP) is 4.26. The molecule has 1 N–H and O–H groups in total. The molecule has 0 saturated heterocycles. The van der Waals surface area contributed by atoms with E-state index in [-0.39, 0.29) is 12.1 Å². The maximum absolute atomic E-state index is 6.11. The van der Waals surface area contributed by atoms with Crippen LogP contribution in [-0.4, -0.2) is 13.2 Å². The molecule has 3 rings (SSSR count). The van der Waals surface area contributed by atoms with Gasteiger partial charge in [0.05, 0.1) is 16.1 Å². The zero-order valence-corrected chi connectivity index (χ0v) is 12.6. The monoisotopic (exact) mass is 307 g/mol. The quantitative estimate of drug-likeness (QED) is 0.915. The van der Waals surface area contributed by atoms with Crippen LogP contribution < -0.4 is 10.1 Å². The molecule has 0 spiro atoms. The summed E-state index contributed by atoms with van der Waals surface area (Å²) in [5, 5.41) is 4.45. The van der Waals surface area contributed by atoms with Crippen LogP contribution in [0, 0.1) is 0 Å². The van der Waals surface area contributed by atoms with Crippen LogP contribution in [0.2, 0.25) is 10.0 Å². The number of ether oxygens (including phenoxy) is 1. The number of hydrogen-bond donors (Lipinski definition) is 1. The summed E-state index contributed by atoms with van der Waals surface area (Å²) < 4.78 is 6.05. The molecular formula is C16H15Cl2NO. The van der Waals surface area contributed by atoms with Crippen LogP contribution in [0.4, 0.5) is 0 Å². The van der Waals surface area contributed by atoms with E-state index >= 15 is 0 Å². The summed E-state index contributed by atoms with van der Waals surface area (Å²) in [6.45, 7) is 0. The van der Waals surface area contributed by atoms with Crippen LogP contribution in [0.5, 0.6) is 5.75 Å². The zero-order chi connectivity index (χ0) is 14.1. The number of fused-ring (bicyclic) bond motifs is 1. The summed E-state index contributed by atoms with van der Waals surface area (Å²) in [4.78, 5) is 0. The number of rotatable bonds is 3. The Morgan fingerprint density at radius 1 is 1.15 bits per heavy atom. The van der Waals surface area contributed by atoms with E-state index in [0.717, 1.165) is 17.7 Å². The lowest BCUT2D eigenvalue weighted by atomic mass is 9.98. The van der Waals surface area contributed by atoms with Gasteiger partial charge in [-0.05, 0) is 36.4 Å². The Balaban J connectivity index is 1.87. The van der Waals surface area contributed by atoms with Gasteiger partial charge in [0.25, 0.3) is 0 Å². The normalized spacial score (nSPS) is 18.4. The Bertz CT molecular complexity index is 605. The lowest BCUT2D eigenvalue weighted by Crippen LogP contribution is -2.32. The van der Waals surface area contributed by atoms with E-state index in [1.807, 2.05) is 43.4 Å². The minimum atomic E-state index is 0.0645. The van der Waals surface area contributed by atoms with Gasteiger partial charge in [0.2, 0.25) is 0 Å². The lowest BCUT2D eigenvalue weighted by molar-refractivity contribution is 0.183. The Morgan fingerprint density at radius 3 is 2.65 bits per heavy atom. The molecule has 20 heavy (non-hydrogen) atoms. The number of benzene rings is 2. The van der Waals surface area contributed by atoms with Crippen molar-refractivity contribution in [1.82, 2.24) is 5.32 Å². The zero-order valence-electron chi connectivity index (χ0n) is 11.1. The highest BCUT2D eigenvalue weighted by molar-refractivity contribution is 6.42. The Hall–Kier alpha value is -1.22. The van der Waals surface area contributed by atoms with Crippen LogP contribution >= 0.6 is 23.2 Å².